The average Bonchev–Trinajstić information content (AvgIpc) is 2.66. The second-order valence-corrected chi connectivity index (χ2v) is 8.23. The molecule has 34 heavy (non-hydrogen) atoms. The second kappa shape index (κ2) is 9.31. The van der Waals surface area contributed by atoms with Crippen LogP contribution < -0.4 is 4.72 Å². The molecule has 0 saturated carbocycles. The van der Waals surface area contributed by atoms with Crippen molar-refractivity contribution < 1.29 is 57.2 Å². The highest BCUT2D eigenvalue weighted by molar-refractivity contribution is 7.93. The molecule has 0 spiro atoms. The van der Waals surface area contributed by atoms with Crippen molar-refractivity contribution in [1.29, 1.82) is 0 Å². The lowest BCUT2D eigenvalue weighted by Gasteiger charge is -2.16. The van der Waals surface area contributed by atoms with Crippen LogP contribution in [0.4, 0.5) is 49.6 Å². The highest BCUT2D eigenvalue weighted by Crippen LogP contribution is 2.37. The zero-order chi connectivity index (χ0) is 26.1. The molecular weight excluding hydrogens is 514 g/mol. The van der Waals surface area contributed by atoms with Gasteiger partial charge < -0.3 is 4.84 Å². The highest BCUT2D eigenvalue weighted by Gasteiger charge is 2.46. The molecule has 2 aromatic rings. The third kappa shape index (κ3) is 6.51. The molecule has 0 radical (unpaired) electrons. The molecule has 2 rings (SSSR count). The lowest BCUT2D eigenvalue weighted by molar-refractivity contribution is -0.143. The van der Waals surface area contributed by atoms with Crippen molar-refractivity contribution in [1.82, 2.24) is 0 Å². The van der Waals surface area contributed by atoms with E-state index in [1.54, 1.807) is 0 Å². The molecular formula is C18H12F10N2O3S. The summed E-state index contributed by atoms with van der Waals surface area (Å²) >= 11 is 0. The lowest BCUT2D eigenvalue weighted by atomic mass is 10.0. The summed E-state index contributed by atoms with van der Waals surface area (Å²) < 4.78 is 153. The van der Waals surface area contributed by atoms with Crippen molar-refractivity contribution in [2.24, 2.45) is 5.16 Å². The van der Waals surface area contributed by atoms with Crippen LogP contribution in [0.2, 0.25) is 0 Å². The van der Waals surface area contributed by atoms with Gasteiger partial charge in [-0.05, 0) is 37.3 Å². The Hall–Kier alpha value is -3.04. The quantitative estimate of drug-likeness (QED) is 0.283. The number of oxime groups is 1. The van der Waals surface area contributed by atoms with Crippen LogP contribution in [0.25, 0.3) is 0 Å². The molecule has 0 aromatic heterocycles. The van der Waals surface area contributed by atoms with E-state index in [0.717, 1.165) is 6.92 Å². The summed E-state index contributed by atoms with van der Waals surface area (Å²) in [5.41, 5.74) is -11.5. The third-order valence-electron chi connectivity index (χ3n) is 4.08. The average molecular weight is 526 g/mol. The van der Waals surface area contributed by atoms with Gasteiger partial charge in [-0.15, -0.1) is 0 Å². The van der Waals surface area contributed by atoms with Crippen molar-refractivity contribution >= 4 is 21.4 Å². The SMILES string of the molecule is CC(=NOCc1ccc(C(F)(F)F)cc1C(F)(F)F)c1cc(F)ccc1NS(=O)(=O)C(F)(F)F. The van der Waals surface area contributed by atoms with Gasteiger partial charge in [-0.25, -0.2) is 4.39 Å². The summed E-state index contributed by atoms with van der Waals surface area (Å²) in [4.78, 5) is 4.67. The molecule has 0 aliphatic heterocycles. The largest absolute Gasteiger partial charge is 0.516 e. The number of rotatable bonds is 6. The number of sulfonamides is 1. The lowest BCUT2D eigenvalue weighted by Crippen LogP contribution is -2.30. The Morgan fingerprint density at radius 2 is 1.56 bits per heavy atom. The first-order valence-electron chi connectivity index (χ1n) is 8.66. The monoisotopic (exact) mass is 526 g/mol. The van der Waals surface area contributed by atoms with Crippen LogP contribution in [0, 0.1) is 5.82 Å². The van der Waals surface area contributed by atoms with E-state index in [-0.39, 0.29) is 6.07 Å². The molecule has 0 aliphatic rings. The molecule has 1 N–H and O–H groups in total. The van der Waals surface area contributed by atoms with Gasteiger partial charge >= 0.3 is 27.9 Å². The predicted octanol–water partition coefficient (Wildman–Crippen LogP) is 6.07. The van der Waals surface area contributed by atoms with E-state index in [9.17, 15) is 52.3 Å². The molecule has 5 nitrogen and oxygen atoms in total. The van der Waals surface area contributed by atoms with Gasteiger partial charge in [0.1, 0.15) is 12.4 Å². The molecule has 2 aromatic carbocycles. The second-order valence-electron chi connectivity index (χ2n) is 6.56. The zero-order valence-electron chi connectivity index (χ0n) is 16.5. The fourth-order valence-corrected chi connectivity index (χ4v) is 3.08. The fourth-order valence-electron chi connectivity index (χ4n) is 2.50. The van der Waals surface area contributed by atoms with Crippen molar-refractivity contribution in [2.45, 2.75) is 31.4 Å². The Labute approximate surface area is 185 Å². The van der Waals surface area contributed by atoms with E-state index in [0.29, 0.717) is 30.3 Å². The first kappa shape index (κ1) is 27.2. The van der Waals surface area contributed by atoms with Crippen LogP contribution in [0.1, 0.15) is 29.2 Å². The molecule has 0 fully saturated rings. The zero-order valence-corrected chi connectivity index (χ0v) is 17.3. The molecule has 0 unspecified atom stereocenters. The summed E-state index contributed by atoms with van der Waals surface area (Å²) in [6, 6.07) is 2.60. The molecule has 188 valence electrons. The molecule has 0 heterocycles. The summed E-state index contributed by atoms with van der Waals surface area (Å²) in [6.07, 6.45) is -10.2. The van der Waals surface area contributed by atoms with E-state index in [1.165, 1.54) is 4.72 Å². The maximum absolute atomic E-state index is 13.6. The number of nitrogens with zero attached hydrogens (tertiary/aromatic N) is 1. The van der Waals surface area contributed by atoms with Crippen molar-refractivity contribution in [3.05, 3.63) is 64.5 Å². The van der Waals surface area contributed by atoms with E-state index in [4.69, 9.17) is 0 Å². The van der Waals surface area contributed by atoms with Crippen LogP contribution >= 0.6 is 0 Å². The summed E-state index contributed by atoms with van der Waals surface area (Å²) in [5, 5.41) is 3.32. The summed E-state index contributed by atoms with van der Waals surface area (Å²) in [7, 11) is -5.91. The van der Waals surface area contributed by atoms with Gasteiger partial charge in [0.25, 0.3) is 0 Å². The van der Waals surface area contributed by atoms with Crippen LogP contribution in [0.15, 0.2) is 41.6 Å². The van der Waals surface area contributed by atoms with E-state index >= 15 is 0 Å². The van der Waals surface area contributed by atoms with Gasteiger partial charge in [0.2, 0.25) is 0 Å². The Morgan fingerprint density at radius 1 is 0.941 bits per heavy atom. The van der Waals surface area contributed by atoms with Gasteiger partial charge in [-0.1, -0.05) is 11.2 Å². The number of alkyl halides is 9. The Morgan fingerprint density at radius 3 is 2.09 bits per heavy atom. The number of hydrogen-bond donors (Lipinski definition) is 1. The van der Waals surface area contributed by atoms with E-state index in [2.05, 4.69) is 9.99 Å². The van der Waals surface area contributed by atoms with Crippen molar-refractivity contribution in [3.63, 3.8) is 0 Å². The number of benzene rings is 2. The van der Waals surface area contributed by atoms with Crippen LogP contribution in [0.3, 0.4) is 0 Å². The highest BCUT2D eigenvalue weighted by atomic mass is 32.2. The standard InChI is InChI=1S/C18H12F10N2O3S/c1-9(13-7-12(19)4-5-15(13)30-34(31,32)18(26,27)28)29-33-8-10-2-3-11(16(20,21)22)6-14(10)17(23,24)25/h2-7,30H,8H2,1H3. The maximum atomic E-state index is 13.6. The molecule has 16 heteroatoms. The minimum absolute atomic E-state index is 0.133. The number of halogens is 10. The minimum Gasteiger partial charge on any atom is -0.391 e. The number of nitrogens with one attached hydrogen (secondary N) is 1. The Bertz CT molecular complexity index is 1190. The predicted molar refractivity (Wildman–Crippen MR) is 98.4 cm³/mol. The Kier molecular flexibility index (Phi) is 7.45. The van der Waals surface area contributed by atoms with Gasteiger partial charge in [-0.2, -0.15) is 47.9 Å². The van der Waals surface area contributed by atoms with E-state index in [1.807, 2.05) is 0 Å². The minimum atomic E-state index is -5.91. The topological polar surface area (TPSA) is 67.8 Å². The Balaban J connectivity index is 2.34. The van der Waals surface area contributed by atoms with Gasteiger partial charge in [0.15, 0.2) is 0 Å². The third-order valence-corrected chi connectivity index (χ3v) is 5.18. The van der Waals surface area contributed by atoms with Crippen LogP contribution in [-0.2, 0) is 33.8 Å². The fraction of sp³-hybridized carbons (Fsp3) is 0.278. The first-order valence-corrected chi connectivity index (χ1v) is 10.1. The molecule has 0 amide bonds. The molecule has 0 saturated heterocycles. The van der Waals surface area contributed by atoms with Crippen molar-refractivity contribution in [2.75, 3.05) is 4.72 Å². The van der Waals surface area contributed by atoms with E-state index < -0.39 is 74.0 Å². The maximum Gasteiger partial charge on any atom is 0.516 e. The van der Waals surface area contributed by atoms with Gasteiger partial charge in [-0.3, -0.25) is 4.72 Å². The smallest absolute Gasteiger partial charge is 0.391 e. The number of anilines is 1. The normalized spacial score (nSPS) is 13.7. The molecule has 0 bridgehead atoms. The summed E-state index contributed by atoms with van der Waals surface area (Å²) in [5.74, 6) is -1.03. The molecule has 0 aliphatic carbocycles. The van der Waals surface area contributed by atoms with Crippen LogP contribution in [0.5, 0.6) is 0 Å². The molecule has 0 atom stereocenters. The van der Waals surface area contributed by atoms with Crippen molar-refractivity contribution in [3.8, 4) is 0 Å². The van der Waals surface area contributed by atoms with Crippen LogP contribution in [-0.4, -0.2) is 19.6 Å². The van der Waals surface area contributed by atoms with Gasteiger partial charge in [0, 0.05) is 11.1 Å². The first-order chi connectivity index (χ1) is 15.3. The van der Waals surface area contributed by atoms with Gasteiger partial charge in [0.05, 0.1) is 22.5 Å². The number of hydrogen-bond acceptors (Lipinski definition) is 4. The summed E-state index contributed by atoms with van der Waals surface area (Å²) in [6.45, 7) is -0.0131.